The molecule has 4 nitrogen and oxygen atoms in total. The fraction of sp³-hybridized carbons (Fsp3) is 0.455. The van der Waals surface area contributed by atoms with Crippen molar-refractivity contribution in [3.05, 3.63) is 58.7 Å². The van der Waals surface area contributed by atoms with Crippen molar-refractivity contribution in [1.29, 1.82) is 0 Å². The second kappa shape index (κ2) is 7.54. The topological polar surface area (TPSA) is 61.7 Å². The molecule has 0 saturated carbocycles. The zero-order valence-corrected chi connectivity index (χ0v) is 16.0. The number of fused-ring (bicyclic) bond motifs is 3. The van der Waals surface area contributed by atoms with Crippen LogP contribution in [0.1, 0.15) is 54.2 Å². The van der Waals surface area contributed by atoms with Gasteiger partial charge in [-0.05, 0) is 54.7 Å². The zero-order valence-electron chi connectivity index (χ0n) is 16.0. The maximum atomic E-state index is 13.3. The summed E-state index contributed by atoms with van der Waals surface area (Å²) in [7, 11) is 0. The van der Waals surface area contributed by atoms with Crippen LogP contribution in [0.25, 0.3) is 0 Å². The van der Waals surface area contributed by atoms with E-state index in [4.69, 9.17) is 4.74 Å². The summed E-state index contributed by atoms with van der Waals surface area (Å²) in [6.07, 6.45) is -3.32. The van der Waals surface area contributed by atoms with Crippen LogP contribution in [0.2, 0.25) is 0 Å². The molecule has 156 valence electrons. The molecule has 2 aliphatic heterocycles. The van der Waals surface area contributed by atoms with Crippen molar-refractivity contribution >= 4 is 5.69 Å². The van der Waals surface area contributed by atoms with Gasteiger partial charge in [0.15, 0.2) is 0 Å². The minimum atomic E-state index is -4.43. The fourth-order valence-corrected chi connectivity index (χ4v) is 4.48. The number of benzene rings is 2. The van der Waals surface area contributed by atoms with Crippen LogP contribution in [0.15, 0.2) is 36.4 Å². The van der Waals surface area contributed by atoms with Crippen LogP contribution in [0, 0.1) is 5.92 Å². The van der Waals surface area contributed by atoms with Crippen LogP contribution in [0.4, 0.5) is 18.9 Å². The highest BCUT2D eigenvalue weighted by molar-refractivity contribution is 5.59. The van der Waals surface area contributed by atoms with E-state index in [0.29, 0.717) is 30.5 Å². The quantitative estimate of drug-likeness (QED) is 0.672. The van der Waals surface area contributed by atoms with Gasteiger partial charge in [-0.2, -0.15) is 13.2 Å². The third-order valence-electron chi connectivity index (χ3n) is 6.02. The van der Waals surface area contributed by atoms with Crippen LogP contribution >= 0.6 is 0 Å². The number of hydrogen-bond donors (Lipinski definition) is 3. The molecule has 4 rings (SSSR count). The Morgan fingerprint density at radius 2 is 1.93 bits per heavy atom. The normalized spacial score (nSPS) is 26.4. The van der Waals surface area contributed by atoms with E-state index < -0.39 is 17.8 Å². The Bertz CT molecular complexity index is 899. The molecule has 3 N–H and O–H groups in total. The lowest BCUT2D eigenvalue weighted by molar-refractivity contribution is -0.138. The van der Waals surface area contributed by atoms with Crippen molar-refractivity contribution in [3.63, 3.8) is 0 Å². The first-order valence-electron chi connectivity index (χ1n) is 9.87. The molecule has 2 aliphatic rings. The number of aliphatic hydroxyl groups is 1. The third kappa shape index (κ3) is 3.69. The second-order valence-electron chi connectivity index (χ2n) is 7.77. The zero-order chi connectivity index (χ0) is 20.8. The number of aromatic hydroxyl groups is 1. The van der Waals surface area contributed by atoms with Crippen molar-refractivity contribution in [2.75, 3.05) is 11.9 Å². The van der Waals surface area contributed by atoms with E-state index in [1.54, 1.807) is 6.07 Å². The van der Waals surface area contributed by atoms with Gasteiger partial charge >= 0.3 is 6.18 Å². The molecular weight excluding hydrogens is 383 g/mol. The predicted octanol–water partition coefficient (Wildman–Crippen LogP) is 4.97. The summed E-state index contributed by atoms with van der Waals surface area (Å²) in [5.41, 5.74) is 2.17. The highest BCUT2D eigenvalue weighted by Gasteiger charge is 2.43. The average Bonchev–Trinajstić information content (AvgIpc) is 2.72. The molecule has 1 saturated heterocycles. The first kappa shape index (κ1) is 20.0. The van der Waals surface area contributed by atoms with Gasteiger partial charge in [-0.15, -0.1) is 0 Å². The number of alkyl halides is 3. The summed E-state index contributed by atoms with van der Waals surface area (Å²) in [4.78, 5) is 0. The van der Waals surface area contributed by atoms with Gasteiger partial charge in [0.05, 0.1) is 30.4 Å². The minimum absolute atomic E-state index is 0.0805. The van der Waals surface area contributed by atoms with Gasteiger partial charge in [0.1, 0.15) is 5.75 Å². The molecule has 4 unspecified atom stereocenters. The Morgan fingerprint density at radius 3 is 2.62 bits per heavy atom. The van der Waals surface area contributed by atoms with Crippen molar-refractivity contribution in [2.45, 2.75) is 50.6 Å². The smallest absolute Gasteiger partial charge is 0.416 e. The van der Waals surface area contributed by atoms with Crippen molar-refractivity contribution < 1.29 is 28.1 Å². The fourth-order valence-electron chi connectivity index (χ4n) is 4.48. The van der Waals surface area contributed by atoms with E-state index in [1.807, 2.05) is 19.1 Å². The van der Waals surface area contributed by atoms with Crippen LogP contribution < -0.4 is 5.32 Å². The summed E-state index contributed by atoms with van der Waals surface area (Å²) < 4.78 is 45.8. The van der Waals surface area contributed by atoms with Crippen molar-refractivity contribution in [2.24, 2.45) is 5.92 Å². The van der Waals surface area contributed by atoms with Crippen LogP contribution in [-0.4, -0.2) is 22.9 Å². The molecule has 0 radical (unpaired) electrons. The van der Waals surface area contributed by atoms with E-state index in [2.05, 4.69) is 5.32 Å². The minimum Gasteiger partial charge on any atom is -0.508 e. The first-order chi connectivity index (χ1) is 13.8. The van der Waals surface area contributed by atoms with Crippen molar-refractivity contribution in [1.82, 2.24) is 0 Å². The summed E-state index contributed by atoms with van der Waals surface area (Å²) in [6, 6.07) is 8.97. The lowest BCUT2D eigenvalue weighted by Gasteiger charge is -2.45. The SMILES string of the molecule is CCc1cc(C2Nc3ccc(C(F)(F)F)cc3C3OC(CO)CCC23)ccc1O. The number of phenols is 1. The number of ether oxygens (including phenoxy) is 1. The third-order valence-corrected chi connectivity index (χ3v) is 6.02. The summed E-state index contributed by atoms with van der Waals surface area (Å²) in [5.74, 6) is 0.155. The maximum Gasteiger partial charge on any atom is 0.416 e. The van der Waals surface area contributed by atoms with E-state index in [0.717, 1.165) is 23.3 Å². The Hall–Kier alpha value is -2.25. The van der Waals surface area contributed by atoms with Gasteiger partial charge in [-0.1, -0.05) is 19.1 Å². The standard InChI is InChI=1S/C22H24F3NO3/c1-2-12-9-13(3-8-19(12)28)20-16-6-5-15(11-27)29-21(16)17-10-14(22(23,24)25)4-7-18(17)26-20/h3-4,7-10,15-16,20-21,26-28H,2,5-6,11H2,1H3. The Labute approximate surface area is 167 Å². The lowest BCUT2D eigenvalue weighted by Crippen LogP contribution is -2.40. The predicted molar refractivity (Wildman–Crippen MR) is 103 cm³/mol. The maximum absolute atomic E-state index is 13.3. The molecule has 2 heterocycles. The molecule has 4 atom stereocenters. The number of phenolic OH excluding ortho intramolecular Hbond substituents is 1. The summed E-state index contributed by atoms with van der Waals surface area (Å²) in [5, 5.41) is 23.0. The van der Waals surface area contributed by atoms with Crippen molar-refractivity contribution in [3.8, 4) is 5.75 Å². The highest BCUT2D eigenvalue weighted by Crippen LogP contribution is 2.51. The number of halogens is 3. The second-order valence-corrected chi connectivity index (χ2v) is 7.77. The van der Waals surface area contributed by atoms with E-state index in [1.165, 1.54) is 6.07 Å². The Balaban J connectivity index is 1.78. The number of anilines is 1. The van der Waals surface area contributed by atoms with Gasteiger partial charge in [-0.25, -0.2) is 0 Å². The molecule has 0 amide bonds. The molecule has 1 fully saturated rings. The Kier molecular flexibility index (Phi) is 5.21. The largest absolute Gasteiger partial charge is 0.508 e. The molecule has 0 aromatic heterocycles. The van der Waals surface area contributed by atoms with Crippen LogP contribution in [0.3, 0.4) is 0 Å². The monoisotopic (exact) mass is 407 g/mol. The van der Waals surface area contributed by atoms with Crippen LogP contribution in [0.5, 0.6) is 5.75 Å². The average molecular weight is 407 g/mol. The number of hydrogen-bond acceptors (Lipinski definition) is 4. The molecule has 2 aromatic carbocycles. The molecule has 0 bridgehead atoms. The van der Waals surface area contributed by atoms with Gasteiger partial charge in [0.2, 0.25) is 0 Å². The van der Waals surface area contributed by atoms with E-state index >= 15 is 0 Å². The number of aliphatic hydroxyl groups excluding tert-OH is 1. The molecule has 29 heavy (non-hydrogen) atoms. The van der Waals surface area contributed by atoms with E-state index in [9.17, 15) is 23.4 Å². The number of rotatable bonds is 3. The first-order valence-corrected chi connectivity index (χ1v) is 9.87. The molecule has 0 aliphatic carbocycles. The lowest BCUT2D eigenvalue weighted by atomic mass is 9.76. The summed E-state index contributed by atoms with van der Waals surface area (Å²) in [6.45, 7) is 1.80. The van der Waals surface area contributed by atoms with Gasteiger partial charge < -0.3 is 20.3 Å². The van der Waals surface area contributed by atoms with Gasteiger partial charge in [0.25, 0.3) is 0 Å². The van der Waals surface area contributed by atoms with Gasteiger partial charge in [-0.3, -0.25) is 0 Å². The Morgan fingerprint density at radius 1 is 1.14 bits per heavy atom. The number of aryl methyl sites for hydroxylation is 1. The molecular formula is C22H24F3NO3. The van der Waals surface area contributed by atoms with E-state index in [-0.39, 0.29) is 30.4 Å². The highest BCUT2D eigenvalue weighted by atomic mass is 19.4. The summed E-state index contributed by atoms with van der Waals surface area (Å²) >= 11 is 0. The molecule has 0 spiro atoms. The number of nitrogens with one attached hydrogen (secondary N) is 1. The van der Waals surface area contributed by atoms with Gasteiger partial charge in [0, 0.05) is 17.2 Å². The molecule has 2 aromatic rings. The van der Waals surface area contributed by atoms with Crippen LogP contribution in [-0.2, 0) is 17.3 Å². The molecule has 7 heteroatoms.